The second-order valence-corrected chi connectivity index (χ2v) is 8.82. The van der Waals surface area contributed by atoms with Crippen LogP contribution in [0.2, 0.25) is 0 Å². The van der Waals surface area contributed by atoms with Gasteiger partial charge >= 0.3 is 0 Å². The number of hydrogen-bond donors (Lipinski definition) is 3. The molecular weight excluding hydrogens is 380 g/mol. The minimum Gasteiger partial charge on any atom is -0.378 e. The minimum absolute atomic E-state index is 0.0360. The van der Waals surface area contributed by atoms with Gasteiger partial charge in [-0.05, 0) is 49.9 Å². The zero-order valence-electron chi connectivity index (χ0n) is 18.6. The highest BCUT2D eigenvalue weighted by atomic mass is 16.5. The molecule has 1 saturated carbocycles. The average Bonchev–Trinajstić information content (AvgIpc) is 2.75. The number of carbonyl (C=O) groups is 2. The van der Waals surface area contributed by atoms with Crippen LogP contribution in [0.15, 0.2) is 24.3 Å². The van der Waals surface area contributed by atoms with Crippen molar-refractivity contribution in [1.29, 1.82) is 0 Å². The summed E-state index contributed by atoms with van der Waals surface area (Å²) in [5.41, 5.74) is 1.92. The van der Waals surface area contributed by atoms with E-state index in [0.717, 1.165) is 49.0 Å². The Morgan fingerprint density at radius 1 is 1.17 bits per heavy atom. The Kier molecular flexibility index (Phi) is 8.10. The molecular formula is C23H37N4O3+. The maximum Gasteiger partial charge on any atom is 0.279 e. The first-order chi connectivity index (χ1) is 14.4. The van der Waals surface area contributed by atoms with Gasteiger partial charge in [-0.1, -0.05) is 19.8 Å². The SMILES string of the molecule is C[C@H](C(=O)N[C@H]1CCCC[C@@H]1C)[NH+](C)CC(=O)Nc1ccc(N2CCOCC2)cc1. The van der Waals surface area contributed by atoms with E-state index in [2.05, 4.69) is 22.5 Å². The molecule has 4 atom stereocenters. The molecule has 0 bridgehead atoms. The van der Waals surface area contributed by atoms with Gasteiger partial charge in [-0.2, -0.15) is 0 Å². The molecule has 2 amide bonds. The number of nitrogens with one attached hydrogen (secondary N) is 3. The van der Waals surface area contributed by atoms with E-state index >= 15 is 0 Å². The molecule has 0 aromatic heterocycles. The van der Waals surface area contributed by atoms with Crippen molar-refractivity contribution in [2.45, 2.75) is 51.6 Å². The third kappa shape index (κ3) is 6.19. The highest BCUT2D eigenvalue weighted by Gasteiger charge is 2.29. The van der Waals surface area contributed by atoms with Gasteiger partial charge in [0.25, 0.3) is 11.8 Å². The molecule has 30 heavy (non-hydrogen) atoms. The van der Waals surface area contributed by atoms with Crippen molar-refractivity contribution in [1.82, 2.24) is 5.32 Å². The fourth-order valence-electron chi connectivity index (χ4n) is 4.25. The van der Waals surface area contributed by atoms with Gasteiger partial charge < -0.3 is 25.2 Å². The monoisotopic (exact) mass is 417 g/mol. The van der Waals surface area contributed by atoms with Crippen molar-refractivity contribution in [3.8, 4) is 0 Å². The number of anilines is 2. The first-order valence-corrected chi connectivity index (χ1v) is 11.3. The third-order valence-corrected chi connectivity index (χ3v) is 6.54. The van der Waals surface area contributed by atoms with Crippen LogP contribution in [0.1, 0.15) is 39.5 Å². The molecule has 1 saturated heterocycles. The fraction of sp³-hybridized carbons (Fsp3) is 0.652. The molecule has 1 aromatic carbocycles. The third-order valence-electron chi connectivity index (χ3n) is 6.54. The lowest BCUT2D eigenvalue weighted by molar-refractivity contribution is -0.885. The maximum absolute atomic E-state index is 12.6. The molecule has 1 aliphatic carbocycles. The van der Waals surface area contributed by atoms with Crippen molar-refractivity contribution in [2.75, 3.05) is 50.1 Å². The number of nitrogens with zero attached hydrogens (tertiary/aromatic N) is 1. The van der Waals surface area contributed by atoms with Crippen LogP contribution in [0, 0.1) is 5.92 Å². The second-order valence-electron chi connectivity index (χ2n) is 8.82. The van der Waals surface area contributed by atoms with Gasteiger partial charge in [0.2, 0.25) is 0 Å². The van der Waals surface area contributed by atoms with E-state index in [1.807, 2.05) is 38.2 Å². The molecule has 3 N–H and O–H groups in total. The van der Waals surface area contributed by atoms with Gasteiger partial charge in [-0.3, -0.25) is 9.59 Å². The zero-order chi connectivity index (χ0) is 21.5. The van der Waals surface area contributed by atoms with Crippen LogP contribution < -0.4 is 20.4 Å². The summed E-state index contributed by atoms with van der Waals surface area (Å²) in [6.45, 7) is 7.63. The van der Waals surface area contributed by atoms with Crippen molar-refractivity contribution in [2.24, 2.45) is 5.92 Å². The number of quaternary nitrogens is 1. The van der Waals surface area contributed by atoms with Crippen LogP contribution in [0.25, 0.3) is 0 Å². The van der Waals surface area contributed by atoms with Gasteiger partial charge in [0.15, 0.2) is 12.6 Å². The van der Waals surface area contributed by atoms with E-state index in [1.54, 1.807) is 0 Å². The van der Waals surface area contributed by atoms with Crippen LogP contribution >= 0.6 is 0 Å². The molecule has 166 valence electrons. The predicted octanol–water partition coefficient (Wildman–Crippen LogP) is 1.06. The molecule has 7 nitrogen and oxygen atoms in total. The zero-order valence-corrected chi connectivity index (χ0v) is 18.6. The van der Waals surface area contributed by atoms with Crippen LogP contribution in [0.3, 0.4) is 0 Å². The van der Waals surface area contributed by atoms with E-state index < -0.39 is 0 Å². The Bertz CT molecular complexity index is 703. The van der Waals surface area contributed by atoms with Gasteiger partial charge in [0.05, 0.1) is 20.3 Å². The van der Waals surface area contributed by atoms with Crippen LogP contribution in [0.4, 0.5) is 11.4 Å². The summed E-state index contributed by atoms with van der Waals surface area (Å²) in [5, 5.41) is 6.16. The van der Waals surface area contributed by atoms with Crippen molar-refractivity contribution in [3.05, 3.63) is 24.3 Å². The number of likely N-dealkylation sites (N-methyl/N-ethyl adjacent to an activating group) is 1. The summed E-state index contributed by atoms with van der Waals surface area (Å²) in [7, 11) is 1.90. The van der Waals surface area contributed by atoms with E-state index in [1.165, 1.54) is 19.3 Å². The molecule has 2 fully saturated rings. The average molecular weight is 418 g/mol. The number of ether oxygens (including phenoxy) is 1. The minimum atomic E-state index is -0.270. The molecule has 1 heterocycles. The van der Waals surface area contributed by atoms with Gasteiger partial charge in [-0.15, -0.1) is 0 Å². The molecule has 0 spiro atoms. The lowest BCUT2D eigenvalue weighted by atomic mass is 9.86. The largest absolute Gasteiger partial charge is 0.378 e. The summed E-state index contributed by atoms with van der Waals surface area (Å²) in [4.78, 5) is 28.3. The predicted molar refractivity (Wildman–Crippen MR) is 119 cm³/mol. The van der Waals surface area contributed by atoms with Crippen LogP contribution in [0.5, 0.6) is 0 Å². The molecule has 1 aromatic rings. The summed E-state index contributed by atoms with van der Waals surface area (Å²) in [6.07, 6.45) is 4.66. The summed E-state index contributed by atoms with van der Waals surface area (Å²) in [5.74, 6) is 0.477. The first kappa shape index (κ1) is 22.6. The van der Waals surface area contributed by atoms with E-state index in [9.17, 15) is 9.59 Å². The fourth-order valence-corrected chi connectivity index (χ4v) is 4.25. The number of morpholine rings is 1. The Morgan fingerprint density at radius 3 is 2.50 bits per heavy atom. The lowest BCUT2D eigenvalue weighted by Gasteiger charge is -2.31. The van der Waals surface area contributed by atoms with Crippen LogP contribution in [-0.4, -0.2) is 63.8 Å². The number of carbonyl (C=O) groups excluding carboxylic acids is 2. The smallest absolute Gasteiger partial charge is 0.279 e. The number of rotatable bonds is 7. The Morgan fingerprint density at radius 2 is 1.83 bits per heavy atom. The summed E-state index contributed by atoms with van der Waals surface area (Å²) < 4.78 is 5.39. The number of amides is 2. The van der Waals surface area contributed by atoms with Gasteiger partial charge in [-0.25, -0.2) is 0 Å². The molecule has 2 aliphatic rings. The summed E-state index contributed by atoms with van der Waals surface area (Å²) >= 11 is 0. The highest BCUT2D eigenvalue weighted by molar-refractivity contribution is 5.91. The quantitative estimate of drug-likeness (QED) is 0.620. The number of hydrogen-bond acceptors (Lipinski definition) is 4. The van der Waals surface area contributed by atoms with Gasteiger partial charge in [0.1, 0.15) is 0 Å². The molecule has 1 aliphatic heterocycles. The molecule has 1 unspecified atom stereocenters. The molecule has 0 radical (unpaired) electrons. The normalized spacial score (nSPS) is 24.0. The van der Waals surface area contributed by atoms with Crippen molar-refractivity contribution < 1.29 is 19.2 Å². The summed E-state index contributed by atoms with van der Waals surface area (Å²) in [6, 6.07) is 7.91. The first-order valence-electron chi connectivity index (χ1n) is 11.3. The molecule has 7 heteroatoms. The Labute approximate surface area is 180 Å². The van der Waals surface area contributed by atoms with E-state index in [4.69, 9.17) is 4.74 Å². The van der Waals surface area contributed by atoms with Gasteiger partial charge in [0, 0.05) is 30.5 Å². The molecule has 3 rings (SSSR count). The number of benzene rings is 1. The van der Waals surface area contributed by atoms with Crippen molar-refractivity contribution in [3.63, 3.8) is 0 Å². The lowest BCUT2D eigenvalue weighted by Crippen LogP contribution is -3.15. The Balaban J connectivity index is 1.45. The van der Waals surface area contributed by atoms with E-state index in [-0.39, 0.29) is 30.4 Å². The van der Waals surface area contributed by atoms with E-state index in [0.29, 0.717) is 5.92 Å². The topological polar surface area (TPSA) is 75.1 Å². The maximum atomic E-state index is 12.6. The highest BCUT2D eigenvalue weighted by Crippen LogP contribution is 2.23. The Hall–Kier alpha value is -2.12. The standard InChI is InChI=1S/C23H36N4O3/c1-17-6-4-5-7-21(17)25-23(29)18(2)26(3)16-22(28)24-19-8-10-20(11-9-19)27-12-14-30-15-13-27/h8-11,17-18,21H,4-7,12-16H2,1-3H3,(H,24,28)(H,25,29)/p+1/t17-,18+,21-/m0/s1. The van der Waals surface area contributed by atoms with Crippen LogP contribution in [-0.2, 0) is 14.3 Å². The van der Waals surface area contributed by atoms with Crippen molar-refractivity contribution >= 4 is 23.2 Å². The second kappa shape index (κ2) is 10.8.